The summed E-state index contributed by atoms with van der Waals surface area (Å²) < 4.78 is 42.5. The fraction of sp³-hybridized carbons (Fsp3) is 0.0870. The molecule has 32 heavy (non-hydrogen) atoms. The number of anilines is 1. The van der Waals surface area contributed by atoms with Gasteiger partial charge in [-0.25, -0.2) is 4.98 Å². The van der Waals surface area contributed by atoms with E-state index in [2.05, 4.69) is 15.0 Å². The van der Waals surface area contributed by atoms with Crippen molar-refractivity contribution in [2.24, 2.45) is 0 Å². The van der Waals surface area contributed by atoms with Gasteiger partial charge in [-0.2, -0.15) is 0 Å². The monoisotopic (exact) mass is 439 g/mol. The number of fused-ring (bicyclic) bond motifs is 1. The summed E-state index contributed by atoms with van der Waals surface area (Å²) in [6.07, 6.45) is -4.83. The van der Waals surface area contributed by atoms with Crippen molar-refractivity contribution < 1.29 is 22.7 Å². The van der Waals surface area contributed by atoms with Gasteiger partial charge < -0.3 is 10.1 Å². The Morgan fingerprint density at radius 2 is 1.72 bits per heavy atom. The van der Waals surface area contributed by atoms with Crippen LogP contribution in [-0.2, 0) is 0 Å². The van der Waals surface area contributed by atoms with Crippen LogP contribution in [0.2, 0.25) is 0 Å². The number of para-hydroxylation sites is 1. The molecule has 0 aliphatic carbocycles. The van der Waals surface area contributed by atoms with E-state index in [1.807, 2.05) is 0 Å². The van der Waals surface area contributed by atoms with Crippen LogP contribution >= 0.6 is 0 Å². The van der Waals surface area contributed by atoms with E-state index in [-0.39, 0.29) is 16.8 Å². The number of halogens is 3. The van der Waals surface area contributed by atoms with Gasteiger partial charge in [-0.3, -0.25) is 14.2 Å². The number of carbonyl (C=O) groups is 1. The number of amides is 1. The van der Waals surface area contributed by atoms with Crippen molar-refractivity contribution in [3.05, 3.63) is 94.5 Å². The topological polar surface area (TPSA) is 73.2 Å². The molecular formula is C23H16F3N3O3. The molecule has 0 unspecified atom stereocenters. The average Bonchev–Trinajstić information content (AvgIpc) is 2.73. The van der Waals surface area contributed by atoms with E-state index in [9.17, 15) is 22.8 Å². The van der Waals surface area contributed by atoms with Crippen LogP contribution in [-0.4, -0.2) is 21.8 Å². The zero-order valence-electron chi connectivity index (χ0n) is 16.7. The van der Waals surface area contributed by atoms with Gasteiger partial charge in [0, 0.05) is 17.3 Å². The smallest absolute Gasteiger partial charge is 0.406 e. The lowest BCUT2D eigenvalue weighted by Crippen LogP contribution is -2.22. The summed E-state index contributed by atoms with van der Waals surface area (Å²) >= 11 is 0. The van der Waals surface area contributed by atoms with Crippen LogP contribution < -0.4 is 15.6 Å². The zero-order valence-corrected chi connectivity index (χ0v) is 16.7. The maximum absolute atomic E-state index is 12.9. The van der Waals surface area contributed by atoms with Gasteiger partial charge in [-0.05, 0) is 55.5 Å². The van der Waals surface area contributed by atoms with E-state index in [4.69, 9.17) is 0 Å². The van der Waals surface area contributed by atoms with Gasteiger partial charge in [0.15, 0.2) is 0 Å². The van der Waals surface area contributed by atoms with Crippen LogP contribution in [0.5, 0.6) is 5.75 Å². The lowest BCUT2D eigenvalue weighted by atomic mass is 10.1. The number of aryl methyl sites for hydroxylation is 1. The molecule has 4 aromatic rings. The highest BCUT2D eigenvalue weighted by molar-refractivity contribution is 6.04. The predicted molar refractivity (Wildman–Crippen MR) is 113 cm³/mol. The summed E-state index contributed by atoms with van der Waals surface area (Å²) in [7, 11) is 0. The number of ether oxygens (including phenoxy) is 1. The summed E-state index contributed by atoms with van der Waals surface area (Å²) in [5.74, 6) is -0.474. The van der Waals surface area contributed by atoms with E-state index in [1.54, 1.807) is 43.3 Å². The number of hydrogen-bond acceptors (Lipinski definition) is 4. The van der Waals surface area contributed by atoms with E-state index in [0.29, 0.717) is 22.4 Å². The number of nitrogens with zero attached hydrogens (tertiary/aromatic N) is 2. The number of aromatic nitrogens is 2. The largest absolute Gasteiger partial charge is 0.573 e. The van der Waals surface area contributed by atoms with Gasteiger partial charge in [0.1, 0.15) is 11.6 Å². The Bertz CT molecular complexity index is 1360. The molecule has 1 amide bonds. The van der Waals surface area contributed by atoms with E-state index in [1.165, 1.54) is 28.8 Å². The molecule has 3 aromatic carbocycles. The number of nitrogens with one attached hydrogen (secondary N) is 1. The molecule has 6 nitrogen and oxygen atoms in total. The van der Waals surface area contributed by atoms with Crippen LogP contribution in [0.15, 0.2) is 77.6 Å². The zero-order chi connectivity index (χ0) is 22.9. The van der Waals surface area contributed by atoms with Crippen molar-refractivity contribution in [2.45, 2.75) is 13.3 Å². The van der Waals surface area contributed by atoms with Crippen molar-refractivity contribution >= 4 is 22.5 Å². The lowest BCUT2D eigenvalue weighted by molar-refractivity contribution is -0.274. The Morgan fingerprint density at radius 3 is 2.44 bits per heavy atom. The Kier molecular flexibility index (Phi) is 5.40. The molecule has 0 spiro atoms. The highest BCUT2D eigenvalue weighted by Gasteiger charge is 2.31. The highest BCUT2D eigenvalue weighted by atomic mass is 19.4. The summed E-state index contributed by atoms with van der Waals surface area (Å²) in [6.45, 7) is 1.71. The van der Waals surface area contributed by atoms with E-state index in [0.717, 1.165) is 12.1 Å². The maximum atomic E-state index is 12.9. The summed E-state index contributed by atoms with van der Waals surface area (Å²) in [4.78, 5) is 29.9. The summed E-state index contributed by atoms with van der Waals surface area (Å²) in [6, 6.07) is 18.2. The third-order valence-electron chi connectivity index (χ3n) is 4.66. The van der Waals surface area contributed by atoms with Crippen molar-refractivity contribution in [1.29, 1.82) is 0 Å². The molecule has 1 aromatic heterocycles. The predicted octanol–water partition coefficient (Wildman–Crippen LogP) is 4.85. The van der Waals surface area contributed by atoms with Gasteiger partial charge in [0.2, 0.25) is 0 Å². The Labute approximate surface area is 179 Å². The summed E-state index contributed by atoms with van der Waals surface area (Å²) in [5.41, 5.74) is 1.30. The van der Waals surface area contributed by atoms with Crippen molar-refractivity contribution in [3.8, 4) is 11.4 Å². The quantitative estimate of drug-likeness (QED) is 0.494. The first-order valence-corrected chi connectivity index (χ1v) is 9.47. The normalized spacial score (nSPS) is 11.4. The second kappa shape index (κ2) is 8.18. The molecule has 162 valence electrons. The Balaban J connectivity index is 1.57. The molecule has 4 rings (SSSR count). The van der Waals surface area contributed by atoms with Crippen LogP contribution in [0.3, 0.4) is 0 Å². The Hall–Kier alpha value is -4.14. The number of benzene rings is 3. The van der Waals surface area contributed by atoms with Crippen LogP contribution in [0.1, 0.15) is 16.2 Å². The second-order valence-electron chi connectivity index (χ2n) is 6.89. The molecule has 0 aliphatic rings. The molecule has 1 N–H and O–H groups in total. The second-order valence-corrected chi connectivity index (χ2v) is 6.89. The minimum absolute atomic E-state index is 0.145. The molecule has 0 radical (unpaired) electrons. The lowest BCUT2D eigenvalue weighted by Gasteiger charge is -2.12. The fourth-order valence-electron chi connectivity index (χ4n) is 3.28. The molecule has 0 saturated carbocycles. The van der Waals surface area contributed by atoms with Gasteiger partial charge in [-0.15, -0.1) is 13.2 Å². The highest BCUT2D eigenvalue weighted by Crippen LogP contribution is 2.25. The number of rotatable bonds is 4. The molecule has 0 bridgehead atoms. The van der Waals surface area contributed by atoms with Crippen LogP contribution in [0.25, 0.3) is 16.6 Å². The first kappa shape index (κ1) is 21.1. The van der Waals surface area contributed by atoms with Crippen LogP contribution in [0.4, 0.5) is 18.9 Å². The van der Waals surface area contributed by atoms with Gasteiger partial charge >= 0.3 is 6.36 Å². The fourth-order valence-corrected chi connectivity index (χ4v) is 3.28. The summed E-state index contributed by atoms with van der Waals surface area (Å²) in [5, 5.41) is 3.00. The molecule has 0 saturated heterocycles. The molecule has 0 fully saturated rings. The van der Waals surface area contributed by atoms with Crippen molar-refractivity contribution in [3.63, 3.8) is 0 Å². The third-order valence-corrected chi connectivity index (χ3v) is 4.66. The molecule has 9 heteroatoms. The molecule has 0 aliphatic heterocycles. The van der Waals surface area contributed by atoms with Gasteiger partial charge in [0.25, 0.3) is 11.5 Å². The van der Waals surface area contributed by atoms with Crippen molar-refractivity contribution in [2.75, 3.05) is 5.32 Å². The van der Waals surface area contributed by atoms with Gasteiger partial charge in [-0.1, -0.05) is 18.2 Å². The minimum atomic E-state index is -4.83. The Morgan fingerprint density at radius 1 is 1.00 bits per heavy atom. The standard InChI is InChI=1S/C23H16F3N3O3/c1-14-27-20-8-3-2-7-19(20)22(31)29(14)17-11-9-15(10-12-17)21(30)28-16-5-4-6-18(13-16)32-23(24,25)26/h2-13H,1H3,(H,28,30). The molecule has 0 atom stereocenters. The third kappa shape index (κ3) is 4.46. The number of hydrogen-bond donors (Lipinski definition) is 1. The van der Waals surface area contributed by atoms with E-state index < -0.39 is 18.0 Å². The minimum Gasteiger partial charge on any atom is -0.406 e. The number of alkyl halides is 3. The number of carbonyl (C=O) groups excluding carboxylic acids is 1. The van der Waals surface area contributed by atoms with E-state index >= 15 is 0 Å². The first-order valence-electron chi connectivity index (χ1n) is 9.47. The average molecular weight is 439 g/mol. The first-order chi connectivity index (χ1) is 15.2. The molecule has 1 heterocycles. The van der Waals surface area contributed by atoms with Gasteiger partial charge in [0.05, 0.1) is 16.6 Å². The van der Waals surface area contributed by atoms with Crippen LogP contribution in [0, 0.1) is 6.92 Å². The maximum Gasteiger partial charge on any atom is 0.573 e. The van der Waals surface area contributed by atoms with Crippen molar-refractivity contribution in [1.82, 2.24) is 9.55 Å². The SMILES string of the molecule is Cc1nc2ccccc2c(=O)n1-c1ccc(C(=O)Nc2cccc(OC(F)(F)F)c2)cc1. The molecular weight excluding hydrogens is 423 g/mol.